The molecule has 2 aromatic rings. The summed E-state index contributed by atoms with van der Waals surface area (Å²) in [5, 5.41) is 3.03. The molecule has 0 saturated heterocycles. The molecule has 0 atom stereocenters. The number of aryl methyl sites for hydroxylation is 1. The minimum atomic E-state index is -0.229. The molecule has 2 N–H and O–H groups in total. The van der Waals surface area contributed by atoms with Crippen LogP contribution in [0.4, 0.5) is 4.39 Å². The lowest BCUT2D eigenvalue weighted by Gasteiger charge is -1.97. The minimum Gasteiger partial charge on any atom is -0.344 e. The van der Waals surface area contributed by atoms with E-state index in [1.54, 1.807) is 12.1 Å². The summed E-state index contributed by atoms with van der Waals surface area (Å²) in [6, 6.07) is 6.37. The van der Waals surface area contributed by atoms with Crippen molar-refractivity contribution in [3.05, 3.63) is 41.6 Å². The number of rotatable bonds is 3. The topological polar surface area (TPSA) is 40.7 Å². The fraction of sp³-hybridized carbons (Fsp3) is 0.250. The molecule has 0 aliphatic rings. The van der Waals surface area contributed by atoms with Gasteiger partial charge in [-0.25, -0.2) is 9.37 Å². The second kappa shape index (κ2) is 4.45. The van der Waals surface area contributed by atoms with Crippen molar-refractivity contribution in [2.75, 3.05) is 7.05 Å². The minimum absolute atomic E-state index is 0.229. The highest BCUT2D eigenvalue weighted by atomic mass is 19.1. The van der Waals surface area contributed by atoms with Gasteiger partial charge in [0.1, 0.15) is 11.6 Å². The molecule has 1 aromatic heterocycles. The molecule has 4 heteroatoms. The number of hydrogen-bond acceptors (Lipinski definition) is 2. The van der Waals surface area contributed by atoms with Crippen molar-refractivity contribution in [3.8, 4) is 11.3 Å². The van der Waals surface area contributed by atoms with Crippen molar-refractivity contribution in [1.29, 1.82) is 0 Å². The summed E-state index contributed by atoms with van der Waals surface area (Å²) in [4.78, 5) is 7.65. The molecule has 0 unspecified atom stereocenters. The van der Waals surface area contributed by atoms with E-state index in [-0.39, 0.29) is 5.82 Å². The standard InChI is InChI=1S/C12H14FN3/c1-8-12(16-11(15-8)7-14-2)9-3-5-10(13)6-4-9/h3-6,14H,7H2,1-2H3,(H,15,16). The maximum absolute atomic E-state index is 12.8. The molecule has 3 nitrogen and oxygen atoms in total. The molecule has 0 fully saturated rings. The van der Waals surface area contributed by atoms with E-state index in [9.17, 15) is 4.39 Å². The number of aromatic amines is 1. The number of imidazole rings is 1. The van der Waals surface area contributed by atoms with Crippen molar-refractivity contribution < 1.29 is 4.39 Å². The van der Waals surface area contributed by atoms with Gasteiger partial charge in [-0.2, -0.15) is 0 Å². The zero-order valence-electron chi connectivity index (χ0n) is 9.34. The van der Waals surface area contributed by atoms with Gasteiger partial charge in [0, 0.05) is 11.3 Å². The second-order valence-corrected chi connectivity index (χ2v) is 3.69. The van der Waals surface area contributed by atoms with E-state index in [0.29, 0.717) is 6.54 Å². The third-order valence-electron chi connectivity index (χ3n) is 2.40. The molecule has 0 spiro atoms. The lowest BCUT2D eigenvalue weighted by Crippen LogP contribution is -2.06. The highest BCUT2D eigenvalue weighted by molar-refractivity contribution is 5.61. The Hall–Kier alpha value is -1.68. The number of halogens is 1. The van der Waals surface area contributed by atoms with Crippen molar-refractivity contribution in [3.63, 3.8) is 0 Å². The average Bonchev–Trinajstić information content (AvgIpc) is 2.61. The van der Waals surface area contributed by atoms with Gasteiger partial charge in [-0.1, -0.05) is 0 Å². The van der Waals surface area contributed by atoms with E-state index in [2.05, 4.69) is 15.3 Å². The second-order valence-electron chi connectivity index (χ2n) is 3.69. The molecular weight excluding hydrogens is 205 g/mol. The van der Waals surface area contributed by atoms with Crippen molar-refractivity contribution >= 4 is 0 Å². The van der Waals surface area contributed by atoms with E-state index in [4.69, 9.17) is 0 Å². The molecule has 1 aromatic carbocycles. The molecular formula is C12H14FN3. The lowest BCUT2D eigenvalue weighted by atomic mass is 10.1. The third kappa shape index (κ3) is 2.12. The van der Waals surface area contributed by atoms with Crippen LogP contribution in [0.3, 0.4) is 0 Å². The van der Waals surface area contributed by atoms with Crippen molar-refractivity contribution in [2.24, 2.45) is 0 Å². The van der Waals surface area contributed by atoms with Crippen LogP contribution in [0.2, 0.25) is 0 Å². The lowest BCUT2D eigenvalue weighted by molar-refractivity contribution is 0.628. The number of H-pyrrole nitrogens is 1. The van der Waals surface area contributed by atoms with E-state index < -0.39 is 0 Å². The van der Waals surface area contributed by atoms with Crippen molar-refractivity contribution in [2.45, 2.75) is 13.5 Å². The normalized spacial score (nSPS) is 10.7. The van der Waals surface area contributed by atoms with Gasteiger partial charge in [0.15, 0.2) is 0 Å². The summed E-state index contributed by atoms with van der Waals surface area (Å²) < 4.78 is 12.8. The fourth-order valence-electron chi connectivity index (χ4n) is 1.66. The Morgan fingerprint density at radius 1 is 1.31 bits per heavy atom. The first-order valence-corrected chi connectivity index (χ1v) is 5.16. The Balaban J connectivity index is 2.36. The Bertz CT molecular complexity index is 474. The molecule has 0 amide bonds. The van der Waals surface area contributed by atoms with Crippen LogP contribution in [0.5, 0.6) is 0 Å². The van der Waals surface area contributed by atoms with E-state index >= 15 is 0 Å². The first-order valence-electron chi connectivity index (χ1n) is 5.16. The van der Waals surface area contributed by atoms with E-state index in [1.807, 2.05) is 14.0 Å². The van der Waals surface area contributed by atoms with Crippen LogP contribution in [0.25, 0.3) is 11.3 Å². The van der Waals surface area contributed by atoms with Gasteiger partial charge in [-0.15, -0.1) is 0 Å². The monoisotopic (exact) mass is 219 g/mol. The number of nitrogens with zero attached hydrogens (tertiary/aromatic N) is 1. The maximum atomic E-state index is 12.8. The molecule has 0 aliphatic carbocycles. The summed E-state index contributed by atoms with van der Waals surface area (Å²) in [5.41, 5.74) is 2.81. The predicted molar refractivity (Wildman–Crippen MR) is 61.5 cm³/mol. The zero-order chi connectivity index (χ0) is 11.5. The van der Waals surface area contributed by atoms with E-state index in [0.717, 1.165) is 22.8 Å². The third-order valence-corrected chi connectivity index (χ3v) is 2.40. The van der Waals surface area contributed by atoms with Crippen LogP contribution in [0.1, 0.15) is 11.5 Å². The zero-order valence-corrected chi connectivity index (χ0v) is 9.34. The molecule has 2 rings (SSSR count). The molecule has 16 heavy (non-hydrogen) atoms. The first-order chi connectivity index (χ1) is 7.70. The van der Waals surface area contributed by atoms with Crippen LogP contribution >= 0.6 is 0 Å². The molecule has 0 radical (unpaired) electrons. The highest BCUT2D eigenvalue weighted by Gasteiger charge is 2.08. The molecule has 0 aliphatic heterocycles. The number of nitrogens with one attached hydrogen (secondary N) is 2. The number of aromatic nitrogens is 2. The molecule has 0 bridgehead atoms. The fourth-order valence-corrected chi connectivity index (χ4v) is 1.66. The summed E-state index contributed by atoms with van der Waals surface area (Å²) in [6.07, 6.45) is 0. The summed E-state index contributed by atoms with van der Waals surface area (Å²) in [6.45, 7) is 2.66. The quantitative estimate of drug-likeness (QED) is 0.831. The molecule has 0 saturated carbocycles. The number of benzene rings is 1. The summed E-state index contributed by atoms with van der Waals surface area (Å²) in [5.74, 6) is 0.659. The van der Waals surface area contributed by atoms with Crippen LogP contribution in [0, 0.1) is 12.7 Å². The Morgan fingerprint density at radius 2 is 2.00 bits per heavy atom. The number of hydrogen-bond donors (Lipinski definition) is 2. The summed E-state index contributed by atoms with van der Waals surface area (Å²) >= 11 is 0. The SMILES string of the molecule is CNCc1nc(-c2ccc(F)cc2)c(C)[nH]1. The van der Waals surface area contributed by atoms with Gasteiger partial charge in [0.05, 0.1) is 12.2 Å². The van der Waals surface area contributed by atoms with Crippen molar-refractivity contribution in [1.82, 2.24) is 15.3 Å². The largest absolute Gasteiger partial charge is 0.344 e. The van der Waals surface area contributed by atoms with Gasteiger partial charge in [0.25, 0.3) is 0 Å². The smallest absolute Gasteiger partial charge is 0.123 e. The van der Waals surface area contributed by atoms with Gasteiger partial charge in [-0.3, -0.25) is 0 Å². The van der Waals surface area contributed by atoms with Gasteiger partial charge >= 0.3 is 0 Å². The Kier molecular flexibility index (Phi) is 3.01. The van der Waals surface area contributed by atoms with Gasteiger partial charge in [-0.05, 0) is 38.2 Å². The first kappa shape index (κ1) is 10.8. The van der Waals surface area contributed by atoms with Crippen LogP contribution < -0.4 is 5.32 Å². The maximum Gasteiger partial charge on any atom is 0.123 e. The summed E-state index contributed by atoms with van der Waals surface area (Å²) in [7, 11) is 1.87. The molecule has 1 heterocycles. The van der Waals surface area contributed by atoms with Crippen LogP contribution in [-0.4, -0.2) is 17.0 Å². The van der Waals surface area contributed by atoms with Gasteiger partial charge < -0.3 is 10.3 Å². The molecule has 84 valence electrons. The highest BCUT2D eigenvalue weighted by Crippen LogP contribution is 2.21. The Labute approximate surface area is 93.7 Å². The van der Waals surface area contributed by atoms with Gasteiger partial charge in [0.2, 0.25) is 0 Å². The predicted octanol–water partition coefficient (Wildman–Crippen LogP) is 2.24. The average molecular weight is 219 g/mol. The van der Waals surface area contributed by atoms with Crippen LogP contribution in [-0.2, 0) is 6.54 Å². The van der Waals surface area contributed by atoms with Crippen LogP contribution in [0.15, 0.2) is 24.3 Å². The van der Waals surface area contributed by atoms with E-state index in [1.165, 1.54) is 12.1 Å². The Morgan fingerprint density at radius 3 is 2.62 bits per heavy atom.